The number of phenolic OH excluding ortho intramolecular Hbond substituents is 1. The summed E-state index contributed by atoms with van der Waals surface area (Å²) in [6.45, 7) is 3.83. The van der Waals surface area contributed by atoms with Gasteiger partial charge in [-0.3, -0.25) is 4.79 Å². The van der Waals surface area contributed by atoms with Crippen LogP contribution in [0.4, 0.5) is 10.1 Å². The number of para-hydroxylation sites is 1. The first kappa shape index (κ1) is 28.4. The van der Waals surface area contributed by atoms with Crippen molar-refractivity contribution in [2.24, 2.45) is 0 Å². The molecule has 8 nitrogen and oxygen atoms in total. The average Bonchev–Trinajstić information content (AvgIpc) is 3.45. The van der Waals surface area contributed by atoms with Crippen LogP contribution >= 0.6 is 0 Å². The zero-order valence-corrected chi connectivity index (χ0v) is 24.5. The summed E-state index contributed by atoms with van der Waals surface area (Å²) in [6.07, 6.45) is 5.88. The molecule has 0 unspecified atom stereocenters. The van der Waals surface area contributed by atoms with Crippen molar-refractivity contribution in [2.75, 3.05) is 32.1 Å². The molecular formula is C34H35FN6O2. The number of H-pyrrole nitrogens is 1. The molecule has 0 bridgehead atoms. The molecule has 1 fully saturated rings. The Labute approximate surface area is 250 Å². The van der Waals surface area contributed by atoms with Crippen LogP contribution in [0, 0.1) is 12.7 Å². The Balaban J connectivity index is 1.26. The molecule has 1 atom stereocenters. The quantitative estimate of drug-likeness (QED) is 0.225. The number of aromatic nitrogens is 3. The van der Waals surface area contributed by atoms with Crippen molar-refractivity contribution in [1.82, 2.24) is 25.2 Å². The first-order valence-corrected chi connectivity index (χ1v) is 14.5. The zero-order chi connectivity index (χ0) is 30.1. The number of carbonyl (C=O) groups excluding carboxylic acids is 1. The number of nitrogens with zero attached hydrogens (tertiary/aromatic N) is 4. The van der Waals surface area contributed by atoms with Gasteiger partial charge in [0, 0.05) is 47.0 Å². The van der Waals surface area contributed by atoms with E-state index in [0.717, 1.165) is 53.6 Å². The molecule has 0 radical (unpaired) electrons. The normalized spacial score (nSPS) is 14.8. The molecule has 43 heavy (non-hydrogen) atoms. The van der Waals surface area contributed by atoms with E-state index in [1.165, 1.54) is 18.2 Å². The minimum absolute atomic E-state index is 0.116. The summed E-state index contributed by atoms with van der Waals surface area (Å²) < 4.78 is 14.3. The van der Waals surface area contributed by atoms with Crippen LogP contribution in [0.25, 0.3) is 22.3 Å². The number of carbonyl (C=O) groups is 1. The minimum Gasteiger partial charge on any atom is -0.508 e. The number of hydrogen-bond acceptors (Lipinski definition) is 6. The molecule has 3 N–H and O–H groups in total. The Morgan fingerprint density at radius 3 is 2.51 bits per heavy atom. The Bertz CT molecular complexity index is 1730. The van der Waals surface area contributed by atoms with E-state index >= 15 is 0 Å². The summed E-state index contributed by atoms with van der Waals surface area (Å²) in [5.41, 5.74) is 4.73. The molecule has 9 heteroatoms. The van der Waals surface area contributed by atoms with Gasteiger partial charge in [0.2, 0.25) is 0 Å². The molecule has 220 valence electrons. The Hall–Kier alpha value is -4.76. The van der Waals surface area contributed by atoms with Crippen molar-refractivity contribution >= 4 is 22.5 Å². The SMILES string of the molecule is Cc1cc(C(=O)N[C@@H](c2cc3ccccc3[nH]2)c2cc(F)ccc2O)cc(-c2ncc(N3CCC(N(C)C)CC3)cn2)c1. The summed E-state index contributed by atoms with van der Waals surface area (Å²) >= 11 is 0. The number of nitrogens with one attached hydrogen (secondary N) is 2. The van der Waals surface area contributed by atoms with Crippen LogP contribution in [0.2, 0.25) is 0 Å². The van der Waals surface area contributed by atoms with E-state index in [4.69, 9.17) is 0 Å². The molecular weight excluding hydrogens is 543 g/mol. The highest BCUT2D eigenvalue weighted by atomic mass is 19.1. The molecule has 3 aromatic carbocycles. The van der Waals surface area contributed by atoms with Gasteiger partial charge in [-0.05, 0) is 93.3 Å². The molecule has 1 aliphatic heterocycles. The van der Waals surface area contributed by atoms with Gasteiger partial charge in [-0.2, -0.15) is 0 Å². The van der Waals surface area contributed by atoms with Gasteiger partial charge in [0.25, 0.3) is 5.91 Å². The molecule has 3 heterocycles. The van der Waals surface area contributed by atoms with Gasteiger partial charge in [0.15, 0.2) is 5.82 Å². The number of rotatable bonds is 7. The van der Waals surface area contributed by atoms with E-state index in [0.29, 0.717) is 23.1 Å². The summed E-state index contributed by atoms with van der Waals surface area (Å²) in [5, 5.41) is 14.6. The van der Waals surface area contributed by atoms with Crippen molar-refractivity contribution in [3.8, 4) is 17.1 Å². The Kier molecular flexibility index (Phi) is 7.82. The maximum Gasteiger partial charge on any atom is 0.252 e. The molecule has 1 aliphatic rings. The number of halogens is 1. The number of phenols is 1. The molecule has 1 amide bonds. The summed E-state index contributed by atoms with van der Waals surface area (Å²) in [7, 11) is 4.25. The topological polar surface area (TPSA) is 97.4 Å². The Morgan fingerprint density at radius 2 is 1.79 bits per heavy atom. The van der Waals surface area contributed by atoms with Gasteiger partial charge in [-0.25, -0.2) is 14.4 Å². The number of piperidine rings is 1. The Morgan fingerprint density at radius 1 is 1.05 bits per heavy atom. The van der Waals surface area contributed by atoms with Crippen molar-refractivity contribution < 1.29 is 14.3 Å². The standard InChI is InChI=1S/C34H35FN6O2/c1-21-14-23(33-36-19-27(20-37-33)41-12-10-26(11-13-41)40(2)3)16-24(15-21)34(43)39-32(28-18-25(35)8-9-31(28)42)30-17-22-6-4-5-7-29(22)38-30/h4-9,14-20,26,32,38,42H,10-13H2,1-3H3,(H,39,43)/t32-/m1/s1. The summed E-state index contributed by atoms with van der Waals surface area (Å²) in [5.74, 6) is -0.476. The maximum atomic E-state index is 14.3. The number of anilines is 1. The molecule has 2 aromatic heterocycles. The fourth-order valence-corrected chi connectivity index (χ4v) is 5.86. The van der Waals surface area contributed by atoms with E-state index in [1.54, 1.807) is 12.1 Å². The van der Waals surface area contributed by atoms with Gasteiger partial charge in [0.05, 0.1) is 24.1 Å². The highest BCUT2D eigenvalue weighted by molar-refractivity contribution is 5.96. The number of hydrogen-bond donors (Lipinski definition) is 3. The fraction of sp³-hybridized carbons (Fsp3) is 0.265. The predicted molar refractivity (Wildman–Crippen MR) is 167 cm³/mol. The lowest BCUT2D eigenvalue weighted by atomic mass is 10.0. The average molecular weight is 579 g/mol. The number of amides is 1. The van der Waals surface area contributed by atoms with Crippen LogP contribution in [0.3, 0.4) is 0 Å². The highest BCUT2D eigenvalue weighted by Gasteiger charge is 2.24. The molecule has 0 aliphatic carbocycles. The number of fused-ring (bicyclic) bond motifs is 1. The van der Waals surface area contributed by atoms with Crippen LogP contribution in [-0.4, -0.2) is 64.1 Å². The van der Waals surface area contributed by atoms with Gasteiger partial charge < -0.3 is 25.2 Å². The maximum absolute atomic E-state index is 14.3. The number of aromatic amines is 1. The van der Waals surface area contributed by atoms with Gasteiger partial charge >= 0.3 is 0 Å². The summed E-state index contributed by atoms with van der Waals surface area (Å²) in [6, 6.07) is 18.6. The van der Waals surface area contributed by atoms with E-state index in [9.17, 15) is 14.3 Å². The molecule has 5 aromatic rings. The van der Waals surface area contributed by atoms with Crippen molar-refractivity contribution in [3.05, 3.63) is 107 Å². The first-order chi connectivity index (χ1) is 20.7. The van der Waals surface area contributed by atoms with E-state index in [1.807, 2.05) is 55.7 Å². The third kappa shape index (κ3) is 6.08. The predicted octanol–water partition coefficient (Wildman–Crippen LogP) is 5.83. The second kappa shape index (κ2) is 11.9. The fourth-order valence-electron chi connectivity index (χ4n) is 5.86. The van der Waals surface area contributed by atoms with Crippen LogP contribution in [0.5, 0.6) is 5.75 Å². The largest absolute Gasteiger partial charge is 0.508 e. The van der Waals surface area contributed by atoms with Crippen molar-refractivity contribution in [3.63, 3.8) is 0 Å². The monoisotopic (exact) mass is 578 g/mol. The third-order valence-corrected chi connectivity index (χ3v) is 8.23. The van der Waals surface area contributed by atoms with Gasteiger partial charge in [0.1, 0.15) is 11.6 Å². The molecule has 1 saturated heterocycles. The zero-order valence-electron chi connectivity index (χ0n) is 24.5. The number of aromatic hydroxyl groups is 1. The van der Waals surface area contributed by atoms with E-state index in [-0.39, 0.29) is 17.2 Å². The van der Waals surface area contributed by atoms with Crippen molar-refractivity contribution in [2.45, 2.75) is 31.8 Å². The molecule has 6 rings (SSSR count). The molecule has 0 spiro atoms. The minimum atomic E-state index is -0.827. The number of benzene rings is 3. The lowest BCUT2D eigenvalue weighted by Gasteiger charge is -2.36. The lowest BCUT2D eigenvalue weighted by molar-refractivity contribution is 0.0942. The third-order valence-electron chi connectivity index (χ3n) is 8.23. The summed E-state index contributed by atoms with van der Waals surface area (Å²) in [4.78, 5) is 30.9. The van der Waals surface area contributed by atoms with E-state index < -0.39 is 11.9 Å². The number of aryl methyl sites for hydroxylation is 1. The van der Waals surface area contributed by atoms with Crippen LogP contribution in [0.15, 0.2) is 79.1 Å². The van der Waals surface area contributed by atoms with Gasteiger partial charge in [-0.1, -0.05) is 18.2 Å². The second-order valence-corrected chi connectivity index (χ2v) is 11.5. The van der Waals surface area contributed by atoms with Gasteiger partial charge in [-0.15, -0.1) is 0 Å². The molecule has 0 saturated carbocycles. The van der Waals surface area contributed by atoms with Crippen molar-refractivity contribution in [1.29, 1.82) is 0 Å². The smallest absolute Gasteiger partial charge is 0.252 e. The lowest BCUT2D eigenvalue weighted by Crippen LogP contribution is -2.42. The first-order valence-electron chi connectivity index (χ1n) is 14.5. The van der Waals surface area contributed by atoms with Crippen LogP contribution in [0.1, 0.15) is 46.1 Å². The second-order valence-electron chi connectivity index (χ2n) is 11.5. The van der Waals surface area contributed by atoms with E-state index in [2.05, 4.69) is 44.2 Å². The van der Waals surface area contributed by atoms with Crippen LogP contribution < -0.4 is 10.2 Å². The highest BCUT2D eigenvalue weighted by Crippen LogP contribution is 2.32. The van der Waals surface area contributed by atoms with Crippen LogP contribution in [-0.2, 0) is 0 Å².